The monoisotopic (exact) mass is 302 g/mol. The molecule has 112 valence electrons. The third-order valence-electron chi connectivity index (χ3n) is 2.99. The molecule has 1 rings (SSSR count). The smallest absolute Gasteiger partial charge is 0.243 e. The third-order valence-corrected chi connectivity index (χ3v) is 4.91. The average molecular weight is 302 g/mol. The summed E-state index contributed by atoms with van der Waals surface area (Å²) in [7, 11) is 0.308. The summed E-state index contributed by atoms with van der Waals surface area (Å²) in [6, 6.07) is 3.24. The van der Waals surface area contributed by atoms with E-state index in [0.29, 0.717) is 5.75 Å². The molecule has 0 aliphatic carbocycles. The lowest BCUT2D eigenvalue weighted by Crippen LogP contribution is -2.43. The first-order valence-corrected chi connectivity index (χ1v) is 7.19. The molecule has 0 fully saturated rings. The van der Waals surface area contributed by atoms with E-state index >= 15 is 0 Å². The summed E-state index contributed by atoms with van der Waals surface area (Å²) < 4.78 is 35.8. The minimum absolute atomic E-state index is 0.00856. The summed E-state index contributed by atoms with van der Waals surface area (Å²) in [6.07, 6.45) is 0. The molecule has 0 bridgehead atoms. The normalized spacial score (nSPS) is 13.1. The van der Waals surface area contributed by atoms with Crippen molar-refractivity contribution in [2.24, 2.45) is 5.73 Å². The second-order valence-electron chi connectivity index (χ2n) is 4.12. The van der Waals surface area contributed by atoms with Gasteiger partial charge in [-0.15, -0.1) is 0 Å². The van der Waals surface area contributed by atoms with Gasteiger partial charge in [0.1, 0.15) is 6.04 Å². The molecule has 1 aromatic rings. The van der Waals surface area contributed by atoms with Crippen LogP contribution in [0.25, 0.3) is 0 Å². The molecule has 1 unspecified atom stereocenters. The Labute approximate surface area is 118 Å². The Morgan fingerprint density at radius 2 is 1.80 bits per heavy atom. The third kappa shape index (κ3) is 3.02. The average Bonchev–Trinajstić information content (AvgIpc) is 2.44. The van der Waals surface area contributed by atoms with E-state index in [4.69, 9.17) is 15.2 Å². The van der Waals surface area contributed by atoms with Gasteiger partial charge in [-0.05, 0) is 19.1 Å². The standard InChI is InChI=1S/C12H18N2O5S/c1-8(12(13)15)14(2)20(16,17)9-5-6-10(18-3)11(7-9)19-4/h5-8H,1-4H3,(H2,13,15). The number of amides is 1. The summed E-state index contributed by atoms with van der Waals surface area (Å²) in [4.78, 5) is 11.1. The van der Waals surface area contributed by atoms with Crippen LogP contribution in [0.2, 0.25) is 0 Å². The molecular formula is C12H18N2O5S. The van der Waals surface area contributed by atoms with Crippen LogP contribution < -0.4 is 15.2 Å². The number of benzene rings is 1. The molecule has 0 aromatic heterocycles. The Morgan fingerprint density at radius 3 is 2.25 bits per heavy atom. The highest BCUT2D eigenvalue weighted by molar-refractivity contribution is 7.89. The Kier molecular flexibility index (Phi) is 4.96. The SMILES string of the molecule is COc1ccc(S(=O)(=O)N(C)C(C)C(N)=O)cc1OC. The van der Waals surface area contributed by atoms with Gasteiger partial charge in [-0.1, -0.05) is 0 Å². The summed E-state index contributed by atoms with van der Waals surface area (Å²) in [5.74, 6) is -0.0256. The lowest BCUT2D eigenvalue weighted by atomic mass is 10.3. The zero-order chi connectivity index (χ0) is 15.5. The minimum atomic E-state index is -3.84. The molecule has 1 aromatic carbocycles. The minimum Gasteiger partial charge on any atom is -0.493 e. The van der Waals surface area contributed by atoms with E-state index in [0.717, 1.165) is 4.31 Å². The second-order valence-corrected chi connectivity index (χ2v) is 6.11. The van der Waals surface area contributed by atoms with Crippen molar-refractivity contribution in [3.8, 4) is 11.5 Å². The highest BCUT2D eigenvalue weighted by atomic mass is 32.2. The second kappa shape index (κ2) is 6.10. The van der Waals surface area contributed by atoms with Crippen molar-refractivity contribution in [3.63, 3.8) is 0 Å². The van der Waals surface area contributed by atoms with Crippen molar-refractivity contribution in [2.75, 3.05) is 21.3 Å². The number of carbonyl (C=O) groups is 1. The van der Waals surface area contributed by atoms with Gasteiger partial charge in [0.2, 0.25) is 15.9 Å². The Bertz CT molecular complexity index is 600. The molecule has 0 aliphatic heterocycles. The first-order chi connectivity index (χ1) is 9.25. The van der Waals surface area contributed by atoms with Crippen LogP contribution in [0.15, 0.2) is 23.1 Å². The fourth-order valence-corrected chi connectivity index (χ4v) is 2.88. The number of hydrogen-bond acceptors (Lipinski definition) is 5. The Balaban J connectivity index is 3.25. The van der Waals surface area contributed by atoms with Gasteiger partial charge in [-0.2, -0.15) is 4.31 Å². The highest BCUT2D eigenvalue weighted by Gasteiger charge is 2.29. The molecule has 0 saturated heterocycles. The lowest BCUT2D eigenvalue weighted by molar-refractivity contribution is -0.120. The first kappa shape index (κ1) is 16.3. The lowest BCUT2D eigenvalue weighted by Gasteiger charge is -2.22. The predicted octanol–water partition coefficient (Wildman–Crippen LogP) is 0.198. The number of nitrogens with two attached hydrogens (primary N) is 1. The maximum atomic E-state index is 12.4. The van der Waals surface area contributed by atoms with Crippen molar-refractivity contribution >= 4 is 15.9 Å². The van der Waals surface area contributed by atoms with Crippen molar-refractivity contribution in [3.05, 3.63) is 18.2 Å². The van der Waals surface area contributed by atoms with Crippen LogP contribution in [0.1, 0.15) is 6.92 Å². The number of likely N-dealkylation sites (N-methyl/N-ethyl adjacent to an activating group) is 1. The summed E-state index contributed by atoms with van der Waals surface area (Å²) >= 11 is 0. The maximum absolute atomic E-state index is 12.4. The zero-order valence-corrected chi connectivity index (χ0v) is 12.6. The van der Waals surface area contributed by atoms with Gasteiger partial charge in [0.05, 0.1) is 19.1 Å². The van der Waals surface area contributed by atoms with Gasteiger partial charge in [0.25, 0.3) is 0 Å². The van der Waals surface area contributed by atoms with Crippen LogP contribution in [0.4, 0.5) is 0 Å². The van der Waals surface area contributed by atoms with Crippen LogP contribution in [0, 0.1) is 0 Å². The van der Waals surface area contributed by atoms with Gasteiger partial charge in [-0.25, -0.2) is 8.42 Å². The number of nitrogens with zero attached hydrogens (tertiary/aromatic N) is 1. The molecule has 0 aliphatic rings. The van der Waals surface area contributed by atoms with Gasteiger partial charge >= 0.3 is 0 Å². The van der Waals surface area contributed by atoms with Crippen molar-refractivity contribution in [2.45, 2.75) is 17.9 Å². The summed E-state index contributed by atoms with van der Waals surface area (Å²) in [5, 5.41) is 0. The van der Waals surface area contributed by atoms with Crippen molar-refractivity contribution in [1.82, 2.24) is 4.31 Å². The van der Waals surface area contributed by atoms with E-state index in [1.807, 2.05) is 0 Å². The van der Waals surface area contributed by atoms with Crippen LogP contribution in [0.5, 0.6) is 11.5 Å². The molecule has 1 amide bonds. The van der Waals surface area contributed by atoms with Crippen LogP contribution in [-0.4, -0.2) is 45.9 Å². The fourth-order valence-electron chi connectivity index (χ4n) is 1.53. The summed E-state index contributed by atoms with van der Waals surface area (Å²) in [6.45, 7) is 1.42. The van der Waals surface area contributed by atoms with Gasteiger partial charge in [0.15, 0.2) is 11.5 Å². The quantitative estimate of drug-likeness (QED) is 0.809. The number of methoxy groups -OCH3 is 2. The van der Waals surface area contributed by atoms with E-state index in [9.17, 15) is 13.2 Å². The van der Waals surface area contributed by atoms with Crippen molar-refractivity contribution in [1.29, 1.82) is 0 Å². The van der Waals surface area contributed by atoms with Crippen LogP contribution >= 0.6 is 0 Å². The number of primary amides is 1. The molecule has 0 spiro atoms. The van der Waals surface area contributed by atoms with E-state index in [2.05, 4.69) is 0 Å². The molecular weight excluding hydrogens is 284 g/mol. The van der Waals surface area contributed by atoms with Crippen molar-refractivity contribution < 1.29 is 22.7 Å². The fraction of sp³-hybridized carbons (Fsp3) is 0.417. The number of carbonyl (C=O) groups excluding carboxylic acids is 1. The van der Waals surface area contributed by atoms with Crippen LogP contribution in [0.3, 0.4) is 0 Å². The molecule has 0 radical (unpaired) electrons. The van der Waals surface area contributed by atoms with Crippen LogP contribution in [-0.2, 0) is 14.8 Å². The predicted molar refractivity (Wildman–Crippen MR) is 73.2 cm³/mol. The Hall–Kier alpha value is -1.80. The van der Waals surface area contributed by atoms with E-state index in [-0.39, 0.29) is 10.6 Å². The summed E-state index contributed by atoms with van der Waals surface area (Å²) in [5.41, 5.74) is 5.12. The number of ether oxygens (including phenoxy) is 2. The highest BCUT2D eigenvalue weighted by Crippen LogP contribution is 2.30. The van der Waals surface area contributed by atoms with E-state index in [1.54, 1.807) is 0 Å². The first-order valence-electron chi connectivity index (χ1n) is 5.75. The van der Waals surface area contributed by atoms with Gasteiger partial charge in [0, 0.05) is 13.1 Å². The van der Waals surface area contributed by atoms with E-state index in [1.165, 1.54) is 46.4 Å². The largest absolute Gasteiger partial charge is 0.493 e. The molecule has 20 heavy (non-hydrogen) atoms. The van der Waals surface area contributed by atoms with E-state index < -0.39 is 22.0 Å². The zero-order valence-electron chi connectivity index (χ0n) is 11.8. The number of sulfonamides is 1. The maximum Gasteiger partial charge on any atom is 0.243 e. The number of hydrogen-bond donors (Lipinski definition) is 1. The molecule has 2 N–H and O–H groups in total. The molecule has 0 saturated carbocycles. The van der Waals surface area contributed by atoms with Gasteiger partial charge < -0.3 is 15.2 Å². The topological polar surface area (TPSA) is 98.9 Å². The molecule has 1 atom stereocenters. The molecule has 0 heterocycles. The number of rotatable bonds is 6. The Morgan fingerprint density at radius 1 is 1.25 bits per heavy atom. The molecule has 7 nitrogen and oxygen atoms in total. The molecule has 8 heteroatoms. The van der Waals surface area contributed by atoms with Gasteiger partial charge in [-0.3, -0.25) is 4.79 Å².